The van der Waals surface area contributed by atoms with E-state index in [1.165, 1.54) is 30.1 Å². The molecule has 3 nitrogen and oxygen atoms in total. The van der Waals surface area contributed by atoms with E-state index < -0.39 is 0 Å². The van der Waals surface area contributed by atoms with Crippen LogP contribution in [-0.4, -0.2) is 15.3 Å². The molecule has 0 atom stereocenters. The van der Waals surface area contributed by atoms with Crippen LogP contribution in [0.1, 0.15) is 26.2 Å². The first-order valence-corrected chi connectivity index (χ1v) is 7.30. The lowest BCUT2D eigenvalue weighted by Crippen LogP contribution is -2.00. The van der Waals surface area contributed by atoms with Crippen LogP contribution in [0, 0.1) is 11.3 Å². The van der Waals surface area contributed by atoms with Crippen LogP contribution in [0.15, 0.2) is 29.4 Å². The highest BCUT2D eigenvalue weighted by atomic mass is 32.2. The Bertz CT molecular complexity index is 554. The molecule has 1 aromatic carbocycles. The summed E-state index contributed by atoms with van der Waals surface area (Å²) in [6.45, 7) is 3.19. The fourth-order valence-electron chi connectivity index (χ4n) is 2.00. The zero-order valence-electron chi connectivity index (χ0n) is 10.6. The Labute approximate surface area is 112 Å². The lowest BCUT2D eigenvalue weighted by molar-refractivity contribution is 0.579. The van der Waals surface area contributed by atoms with Gasteiger partial charge in [-0.05, 0) is 18.6 Å². The summed E-state index contributed by atoms with van der Waals surface area (Å²) in [5, 5.41) is 9.67. The van der Waals surface area contributed by atoms with E-state index in [-0.39, 0.29) is 0 Å². The van der Waals surface area contributed by atoms with Gasteiger partial charge in [0.15, 0.2) is 5.16 Å². The zero-order chi connectivity index (χ0) is 12.8. The predicted molar refractivity (Wildman–Crippen MR) is 75.6 cm³/mol. The third kappa shape index (κ3) is 2.85. The maximum atomic E-state index is 8.70. The molecule has 0 unspecified atom stereocenters. The normalized spacial score (nSPS) is 10.7. The van der Waals surface area contributed by atoms with Crippen LogP contribution in [0.2, 0.25) is 0 Å². The standard InChI is InChI=1S/C14H17N3S/c1-2-3-6-10-17-13-8-5-4-7-12(13)16-14(17)18-11-9-15/h4-5,7-8H,2-3,6,10-11H2,1H3. The Morgan fingerprint density at radius 3 is 2.94 bits per heavy atom. The fourth-order valence-corrected chi connectivity index (χ4v) is 2.70. The number of rotatable bonds is 6. The first-order chi connectivity index (χ1) is 8.86. The number of para-hydroxylation sites is 2. The summed E-state index contributed by atoms with van der Waals surface area (Å²) >= 11 is 1.52. The largest absolute Gasteiger partial charge is 0.319 e. The second-order valence-electron chi connectivity index (χ2n) is 4.19. The van der Waals surface area contributed by atoms with E-state index in [4.69, 9.17) is 5.26 Å². The second kappa shape index (κ2) is 6.46. The van der Waals surface area contributed by atoms with Gasteiger partial charge in [0, 0.05) is 6.54 Å². The molecule has 18 heavy (non-hydrogen) atoms. The average Bonchev–Trinajstić information content (AvgIpc) is 2.75. The summed E-state index contributed by atoms with van der Waals surface area (Å²) in [5.41, 5.74) is 2.20. The number of benzene rings is 1. The molecular formula is C14H17N3S. The summed E-state index contributed by atoms with van der Waals surface area (Å²) in [7, 11) is 0. The number of aryl methyl sites for hydroxylation is 1. The molecule has 0 radical (unpaired) electrons. The van der Waals surface area contributed by atoms with Gasteiger partial charge in [-0.1, -0.05) is 43.7 Å². The lowest BCUT2D eigenvalue weighted by atomic mass is 10.2. The number of unbranched alkanes of at least 4 members (excludes halogenated alkanes) is 2. The molecule has 0 fully saturated rings. The number of aromatic nitrogens is 2. The van der Waals surface area contributed by atoms with Crippen molar-refractivity contribution in [2.75, 3.05) is 5.75 Å². The topological polar surface area (TPSA) is 41.6 Å². The number of thioether (sulfide) groups is 1. The fraction of sp³-hybridized carbons (Fsp3) is 0.429. The minimum absolute atomic E-state index is 0.455. The minimum atomic E-state index is 0.455. The third-order valence-electron chi connectivity index (χ3n) is 2.87. The zero-order valence-corrected chi connectivity index (χ0v) is 11.4. The molecule has 0 aliphatic heterocycles. The van der Waals surface area contributed by atoms with Gasteiger partial charge in [0.25, 0.3) is 0 Å². The van der Waals surface area contributed by atoms with E-state index in [1.54, 1.807) is 0 Å². The van der Waals surface area contributed by atoms with Gasteiger partial charge in [-0.3, -0.25) is 0 Å². The summed E-state index contributed by atoms with van der Waals surface area (Å²) in [5.74, 6) is 0.455. The van der Waals surface area contributed by atoms with E-state index in [0.717, 1.165) is 23.6 Å². The van der Waals surface area contributed by atoms with Crippen LogP contribution in [0.3, 0.4) is 0 Å². The molecule has 94 valence electrons. The van der Waals surface area contributed by atoms with Crippen LogP contribution < -0.4 is 0 Å². The van der Waals surface area contributed by atoms with Gasteiger partial charge in [0.05, 0.1) is 22.9 Å². The Morgan fingerprint density at radius 2 is 2.17 bits per heavy atom. The summed E-state index contributed by atoms with van der Waals surface area (Å²) in [4.78, 5) is 4.60. The van der Waals surface area contributed by atoms with E-state index >= 15 is 0 Å². The SMILES string of the molecule is CCCCCn1c(SCC#N)nc2ccccc21. The van der Waals surface area contributed by atoms with Gasteiger partial charge in [-0.25, -0.2) is 4.98 Å². The number of fused-ring (bicyclic) bond motifs is 1. The molecule has 2 rings (SSSR count). The first kappa shape index (κ1) is 13.0. The molecule has 2 aromatic rings. The molecule has 1 aromatic heterocycles. The Kier molecular flexibility index (Phi) is 4.66. The molecule has 0 spiro atoms. The first-order valence-electron chi connectivity index (χ1n) is 6.32. The monoisotopic (exact) mass is 259 g/mol. The Morgan fingerprint density at radius 1 is 1.33 bits per heavy atom. The van der Waals surface area contributed by atoms with Crippen molar-refractivity contribution in [1.29, 1.82) is 5.26 Å². The maximum absolute atomic E-state index is 8.70. The molecule has 0 amide bonds. The van der Waals surface area contributed by atoms with Gasteiger partial charge in [0.2, 0.25) is 0 Å². The van der Waals surface area contributed by atoms with Crippen LogP contribution in [0.25, 0.3) is 11.0 Å². The molecule has 0 N–H and O–H groups in total. The molecule has 1 heterocycles. The maximum Gasteiger partial charge on any atom is 0.170 e. The van der Waals surface area contributed by atoms with E-state index in [0.29, 0.717) is 5.75 Å². The van der Waals surface area contributed by atoms with Crippen molar-refractivity contribution in [3.63, 3.8) is 0 Å². The van der Waals surface area contributed by atoms with Gasteiger partial charge in [-0.15, -0.1) is 0 Å². The highest BCUT2D eigenvalue weighted by Gasteiger charge is 2.09. The average molecular weight is 259 g/mol. The molecule has 0 aliphatic rings. The number of nitrogens with zero attached hydrogens (tertiary/aromatic N) is 3. The molecule has 0 aliphatic carbocycles. The van der Waals surface area contributed by atoms with Crippen molar-refractivity contribution in [2.45, 2.75) is 37.9 Å². The summed E-state index contributed by atoms with van der Waals surface area (Å²) < 4.78 is 2.24. The number of hydrogen-bond donors (Lipinski definition) is 0. The predicted octanol–water partition coefficient (Wildman–Crippen LogP) is 3.84. The van der Waals surface area contributed by atoms with Crippen molar-refractivity contribution in [3.05, 3.63) is 24.3 Å². The highest BCUT2D eigenvalue weighted by molar-refractivity contribution is 7.99. The molecule has 4 heteroatoms. The molecular weight excluding hydrogens is 242 g/mol. The summed E-state index contributed by atoms with van der Waals surface area (Å²) in [6, 6.07) is 10.3. The van der Waals surface area contributed by atoms with E-state index in [1.807, 2.05) is 18.2 Å². The van der Waals surface area contributed by atoms with Gasteiger partial charge in [-0.2, -0.15) is 5.26 Å². The molecule has 0 bridgehead atoms. The second-order valence-corrected chi connectivity index (χ2v) is 5.13. The van der Waals surface area contributed by atoms with E-state index in [9.17, 15) is 0 Å². The smallest absolute Gasteiger partial charge is 0.170 e. The van der Waals surface area contributed by atoms with Crippen LogP contribution in [-0.2, 0) is 6.54 Å². The van der Waals surface area contributed by atoms with Crippen molar-refractivity contribution in [2.24, 2.45) is 0 Å². The number of imidazole rings is 1. The van der Waals surface area contributed by atoms with Crippen molar-refractivity contribution in [3.8, 4) is 6.07 Å². The van der Waals surface area contributed by atoms with Gasteiger partial charge < -0.3 is 4.57 Å². The van der Waals surface area contributed by atoms with Crippen LogP contribution >= 0.6 is 11.8 Å². The highest BCUT2D eigenvalue weighted by Crippen LogP contribution is 2.24. The Balaban J connectivity index is 2.29. The van der Waals surface area contributed by atoms with E-state index in [2.05, 4.69) is 28.6 Å². The van der Waals surface area contributed by atoms with Crippen LogP contribution in [0.5, 0.6) is 0 Å². The minimum Gasteiger partial charge on any atom is -0.319 e. The lowest BCUT2D eigenvalue weighted by Gasteiger charge is -2.07. The van der Waals surface area contributed by atoms with Crippen molar-refractivity contribution < 1.29 is 0 Å². The number of nitriles is 1. The molecule has 0 saturated heterocycles. The quantitative estimate of drug-likeness (QED) is 0.584. The van der Waals surface area contributed by atoms with Gasteiger partial charge in [0.1, 0.15) is 0 Å². The molecule has 0 saturated carbocycles. The Hall–Kier alpha value is -1.47. The third-order valence-corrected chi connectivity index (χ3v) is 3.71. The summed E-state index contributed by atoms with van der Waals surface area (Å²) in [6.07, 6.45) is 3.61. The van der Waals surface area contributed by atoms with Crippen molar-refractivity contribution in [1.82, 2.24) is 9.55 Å². The van der Waals surface area contributed by atoms with Crippen molar-refractivity contribution >= 4 is 22.8 Å². The number of hydrogen-bond acceptors (Lipinski definition) is 3. The van der Waals surface area contributed by atoms with Gasteiger partial charge >= 0.3 is 0 Å². The van der Waals surface area contributed by atoms with Crippen LogP contribution in [0.4, 0.5) is 0 Å².